The molecule has 0 aromatic heterocycles. The summed E-state index contributed by atoms with van der Waals surface area (Å²) in [4.78, 5) is 0. The minimum absolute atomic E-state index is 0.203. The number of halogens is 1. The van der Waals surface area contributed by atoms with E-state index >= 15 is 0 Å². The van der Waals surface area contributed by atoms with Crippen LogP contribution in [-0.2, 0) is 0 Å². The van der Waals surface area contributed by atoms with Crippen molar-refractivity contribution >= 4 is 11.8 Å². The van der Waals surface area contributed by atoms with Gasteiger partial charge in [0.05, 0.1) is 11.1 Å². The molecule has 0 unspecified atom stereocenters. The largest absolute Gasteiger partial charge is 0.205 e. The Kier molecular flexibility index (Phi) is 0.970. The van der Waals surface area contributed by atoms with Crippen LogP contribution in [0.15, 0.2) is 0 Å². The molecule has 1 aliphatic heterocycles. The summed E-state index contributed by atoms with van der Waals surface area (Å²) < 4.78 is 1.85. The molecule has 8 heavy (non-hydrogen) atoms. The summed E-state index contributed by atoms with van der Waals surface area (Å²) in [6.07, 6.45) is 0. The van der Waals surface area contributed by atoms with Gasteiger partial charge in [-0.3, -0.25) is 0 Å². The summed E-state index contributed by atoms with van der Waals surface area (Å²) in [6.45, 7) is 8.56. The molecule has 2 heteroatoms. The summed E-state index contributed by atoms with van der Waals surface area (Å²) in [7, 11) is 0. The van der Waals surface area contributed by atoms with Gasteiger partial charge in [-0.25, -0.2) is 4.42 Å². The van der Waals surface area contributed by atoms with Gasteiger partial charge in [0, 0.05) is 0 Å². The van der Waals surface area contributed by atoms with Gasteiger partial charge >= 0.3 is 0 Å². The highest BCUT2D eigenvalue weighted by atomic mass is 35.5. The van der Waals surface area contributed by atoms with E-state index in [2.05, 4.69) is 27.7 Å². The molecule has 1 saturated heterocycles. The van der Waals surface area contributed by atoms with Crippen LogP contribution in [0.4, 0.5) is 0 Å². The second kappa shape index (κ2) is 1.22. The molecule has 0 atom stereocenters. The molecule has 1 heterocycles. The maximum absolute atomic E-state index is 5.80. The van der Waals surface area contributed by atoms with Gasteiger partial charge in [-0.05, 0) is 39.5 Å². The molecule has 0 aromatic rings. The molecule has 0 radical (unpaired) electrons. The van der Waals surface area contributed by atoms with Crippen molar-refractivity contribution in [3.05, 3.63) is 0 Å². The van der Waals surface area contributed by atoms with Crippen molar-refractivity contribution in [1.82, 2.24) is 4.42 Å². The lowest BCUT2D eigenvalue weighted by Gasteiger charge is -1.98. The molecule has 0 amide bonds. The van der Waals surface area contributed by atoms with E-state index in [-0.39, 0.29) is 11.1 Å². The maximum atomic E-state index is 5.80. The molecule has 1 nitrogen and oxygen atoms in total. The lowest BCUT2D eigenvalue weighted by Crippen LogP contribution is -2.10. The lowest BCUT2D eigenvalue weighted by molar-refractivity contribution is 0.650. The van der Waals surface area contributed by atoms with Gasteiger partial charge in [0.25, 0.3) is 0 Å². The summed E-state index contributed by atoms with van der Waals surface area (Å²) >= 11 is 5.80. The molecule has 0 saturated carbocycles. The first-order valence-electron chi connectivity index (χ1n) is 2.87. The Morgan fingerprint density at radius 1 is 1.00 bits per heavy atom. The van der Waals surface area contributed by atoms with E-state index in [1.807, 2.05) is 4.42 Å². The van der Waals surface area contributed by atoms with Gasteiger partial charge in [0.1, 0.15) is 0 Å². The van der Waals surface area contributed by atoms with Crippen LogP contribution in [0.3, 0.4) is 0 Å². The smallest absolute Gasteiger partial charge is 0.0504 e. The summed E-state index contributed by atoms with van der Waals surface area (Å²) in [5.74, 6) is 0. The van der Waals surface area contributed by atoms with Crippen molar-refractivity contribution < 1.29 is 0 Å². The van der Waals surface area contributed by atoms with Gasteiger partial charge in [0.15, 0.2) is 0 Å². The fourth-order valence-corrected chi connectivity index (χ4v) is 1.23. The van der Waals surface area contributed by atoms with Gasteiger partial charge in [-0.2, -0.15) is 0 Å². The van der Waals surface area contributed by atoms with Crippen LogP contribution in [0, 0.1) is 0 Å². The van der Waals surface area contributed by atoms with Gasteiger partial charge < -0.3 is 0 Å². The van der Waals surface area contributed by atoms with Gasteiger partial charge in [-0.1, -0.05) is 0 Å². The molecule has 0 bridgehead atoms. The molecular weight excluding hydrogens is 122 g/mol. The van der Waals surface area contributed by atoms with Gasteiger partial charge in [0.2, 0.25) is 0 Å². The number of rotatable bonds is 0. The molecule has 0 spiro atoms. The van der Waals surface area contributed by atoms with Crippen LogP contribution >= 0.6 is 11.8 Å². The summed E-state index contributed by atoms with van der Waals surface area (Å²) in [5, 5.41) is 0. The highest BCUT2D eigenvalue weighted by molar-refractivity contribution is 6.16. The molecule has 0 aromatic carbocycles. The first-order valence-corrected chi connectivity index (χ1v) is 3.20. The van der Waals surface area contributed by atoms with Crippen molar-refractivity contribution in [2.24, 2.45) is 0 Å². The number of nitrogens with zero attached hydrogens (tertiary/aromatic N) is 1. The quantitative estimate of drug-likeness (QED) is 0.361. The van der Waals surface area contributed by atoms with Crippen LogP contribution in [0.1, 0.15) is 27.7 Å². The van der Waals surface area contributed by atoms with Crippen molar-refractivity contribution in [2.75, 3.05) is 0 Å². The highest BCUT2D eigenvalue weighted by Gasteiger charge is 2.62. The zero-order valence-corrected chi connectivity index (χ0v) is 6.58. The minimum atomic E-state index is 0.203. The third-order valence-electron chi connectivity index (χ3n) is 2.43. The minimum Gasteiger partial charge on any atom is -0.205 e. The fraction of sp³-hybridized carbons (Fsp3) is 1.00. The van der Waals surface area contributed by atoms with Crippen LogP contribution in [0.25, 0.3) is 0 Å². The molecule has 0 aliphatic carbocycles. The molecule has 0 N–H and O–H groups in total. The fourth-order valence-electron chi connectivity index (χ4n) is 0.859. The van der Waals surface area contributed by atoms with E-state index in [1.54, 1.807) is 0 Å². The number of hydrogen-bond acceptors (Lipinski definition) is 1. The zero-order valence-electron chi connectivity index (χ0n) is 5.83. The Labute approximate surface area is 55.7 Å². The summed E-state index contributed by atoms with van der Waals surface area (Å²) in [5.41, 5.74) is 0.406. The van der Waals surface area contributed by atoms with E-state index in [0.29, 0.717) is 0 Å². The Morgan fingerprint density at radius 3 is 1.12 bits per heavy atom. The van der Waals surface area contributed by atoms with E-state index < -0.39 is 0 Å². The van der Waals surface area contributed by atoms with E-state index in [0.717, 1.165) is 0 Å². The third kappa shape index (κ3) is 0.465. The summed E-state index contributed by atoms with van der Waals surface area (Å²) in [6, 6.07) is 0. The van der Waals surface area contributed by atoms with Crippen LogP contribution in [0.5, 0.6) is 0 Å². The van der Waals surface area contributed by atoms with Crippen molar-refractivity contribution in [3.8, 4) is 0 Å². The maximum Gasteiger partial charge on any atom is 0.0504 e. The topological polar surface area (TPSA) is 3.01 Å². The average Bonchev–Trinajstić information content (AvgIpc) is 1.88. The average molecular weight is 134 g/mol. The molecule has 1 rings (SSSR count). The third-order valence-corrected chi connectivity index (χ3v) is 3.27. The van der Waals surface area contributed by atoms with Crippen LogP contribution in [-0.4, -0.2) is 15.5 Å². The highest BCUT2D eigenvalue weighted by Crippen LogP contribution is 2.52. The molecular formula is C6H12ClN. The monoisotopic (exact) mass is 133 g/mol. The van der Waals surface area contributed by atoms with E-state index in [9.17, 15) is 0 Å². The zero-order chi connectivity index (χ0) is 6.58. The van der Waals surface area contributed by atoms with Crippen LogP contribution in [0.2, 0.25) is 0 Å². The Bertz CT molecular complexity index is 104. The van der Waals surface area contributed by atoms with Crippen LogP contribution < -0.4 is 0 Å². The van der Waals surface area contributed by atoms with Crippen molar-refractivity contribution in [2.45, 2.75) is 38.8 Å². The Morgan fingerprint density at radius 2 is 1.12 bits per heavy atom. The van der Waals surface area contributed by atoms with Gasteiger partial charge in [-0.15, -0.1) is 0 Å². The van der Waals surface area contributed by atoms with E-state index in [4.69, 9.17) is 11.8 Å². The molecule has 1 fully saturated rings. The number of hydrogen-bond donors (Lipinski definition) is 0. The Hall–Kier alpha value is 0.250. The molecule has 48 valence electrons. The first-order chi connectivity index (χ1) is 3.40. The lowest BCUT2D eigenvalue weighted by atomic mass is 10.0. The SMILES string of the molecule is CC1(C)N(Cl)C1(C)C. The van der Waals surface area contributed by atoms with Crippen molar-refractivity contribution in [1.29, 1.82) is 0 Å². The predicted octanol–water partition coefficient (Wildman–Crippen LogP) is 2.01. The van der Waals surface area contributed by atoms with Crippen molar-refractivity contribution in [3.63, 3.8) is 0 Å². The molecule has 1 aliphatic rings. The second-order valence-corrected chi connectivity index (χ2v) is 3.74. The predicted molar refractivity (Wildman–Crippen MR) is 35.8 cm³/mol. The Balaban J connectivity index is 2.72. The standard InChI is InChI=1S/C6H12ClN/c1-5(2)6(3,4)8(5)7/h1-4H3. The first kappa shape index (κ1) is 6.37. The normalized spacial score (nSPS) is 32.6. The van der Waals surface area contributed by atoms with E-state index in [1.165, 1.54) is 0 Å². The second-order valence-electron chi connectivity index (χ2n) is 3.40.